The first kappa shape index (κ1) is 22.8. The molecule has 1 aliphatic rings. The van der Waals surface area contributed by atoms with Gasteiger partial charge >= 0.3 is 0 Å². The first-order chi connectivity index (χ1) is 15.2. The fourth-order valence-corrected chi connectivity index (χ4v) is 3.47. The second kappa shape index (κ2) is 12.1. The number of ether oxygens (including phenoxy) is 2. The van der Waals surface area contributed by atoms with Crippen molar-refractivity contribution < 1.29 is 23.5 Å². The lowest BCUT2D eigenvalue weighted by molar-refractivity contribution is -0.144. The van der Waals surface area contributed by atoms with E-state index in [1.54, 1.807) is 23.3 Å². The van der Waals surface area contributed by atoms with E-state index in [2.05, 4.69) is 6.58 Å². The summed E-state index contributed by atoms with van der Waals surface area (Å²) in [5, 5.41) is 0. The van der Waals surface area contributed by atoms with Gasteiger partial charge in [0.05, 0.1) is 25.5 Å². The first-order valence-electron chi connectivity index (χ1n) is 10.6. The molecule has 166 valence electrons. The van der Waals surface area contributed by atoms with E-state index in [0.29, 0.717) is 32.1 Å². The summed E-state index contributed by atoms with van der Waals surface area (Å²) in [7, 11) is 0. The molecule has 1 aromatic carbocycles. The standard InChI is InChI=1S/C24H30N2O5/c1-2-12-25(24(28)19-29-18-20-8-4-3-5-9-20)17-23(27)26(15-21-10-6-13-30-21)16-22-11-7-14-31-22/h2-6,8-10,13,22H,1,7,11-12,14-19H2/t22-/m0/s1. The molecule has 0 bridgehead atoms. The highest BCUT2D eigenvalue weighted by atomic mass is 16.5. The van der Waals surface area contributed by atoms with Gasteiger partial charge in [0, 0.05) is 19.7 Å². The molecule has 1 fully saturated rings. The highest BCUT2D eigenvalue weighted by Gasteiger charge is 2.26. The molecule has 2 amide bonds. The van der Waals surface area contributed by atoms with Crippen molar-refractivity contribution in [1.82, 2.24) is 9.80 Å². The molecule has 0 spiro atoms. The fraction of sp³-hybridized carbons (Fsp3) is 0.417. The van der Waals surface area contributed by atoms with Crippen molar-refractivity contribution in [3.05, 3.63) is 72.7 Å². The molecule has 0 N–H and O–H groups in total. The minimum absolute atomic E-state index is 0.0108. The molecular formula is C24H30N2O5. The predicted molar refractivity (Wildman–Crippen MR) is 116 cm³/mol. The Bertz CT molecular complexity index is 816. The number of hydrogen-bond donors (Lipinski definition) is 0. The van der Waals surface area contributed by atoms with Gasteiger partial charge in [-0.05, 0) is 30.5 Å². The van der Waals surface area contributed by atoms with Crippen molar-refractivity contribution >= 4 is 11.8 Å². The summed E-state index contributed by atoms with van der Waals surface area (Å²) in [4.78, 5) is 28.9. The van der Waals surface area contributed by atoms with Crippen LogP contribution in [0.15, 0.2) is 65.8 Å². The number of carbonyl (C=O) groups excluding carboxylic acids is 2. The van der Waals surface area contributed by atoms with Gasteiger partial charge in [-0.1, -0.05) is 36.4 Å². The molecular weight excluding hydrogens is 396 g/mol. The largest absolute Gasteiger partial charge is 0.467 e. The summed E-state index contributed by atoms with van der Waals surface area (Å²) in [5.74, 6) is 0.281. The van der Waals surface area contributed by atoms with Gasteiger partial charge in [0.1, 0.15) is 18.9 Å². The van der Waals surface area contributed by atoms with Crippen molar-refractivity contribution in [3.8, 4) is 0 Å². The van der Waals surface area contributed by atoms with Crippen LogP contribution in [0.3, 0.4) is 0 Å². The third kappa shape index (κ3) is 7.38. The predicted octanol–water partition coefficient (Wildman–Crippen LogP) is 3.02. The summed E-state index contributed by atoms with van der Waals surface area (Å²) < 4.78 is 16.7. The third-order valence-corrected chi connectivity index (χ3v) is 5.09. The molecule has 2 aromatic rings. The van der Waals surface area contributed by atoms with E-state index in [1.165, 1.54) is 4.90 Å². The number of benzene rings is 1. The number of nitrogens with zero attached hydrogens (tertiary/aromatic N) is 2. The van der Waals surface area contributed by atoms with Crippen LogP contribution >= 0.6 is 0 Å². The van der Waals surface area contributed by atoms with Crippen molar-refractivity contribution in [2.45, 2.75) is 32.1 Å². The van der Waals surface area contributed by atoms with Gasteiger partial charge in [-0.15, -0.1) is 6.58 Å². The Hall–Kier alpha value is -2.90. The SMILES string of the molecule is C=CCN(CC(=O)N(Cc1ccco1)C[C@@H]1CCCO1)C(=O)COCc1ccccc1. The molecule has 7 nitrogen and oxygen atoms in total. The second-order valence-electron chi connectivity index (χ2n) is 7.53. The number of furan rings is 1. The number of rotatable bonds is 12. The van der Waals surface area contributed by atoms with Crippen LogP contribution in [0.1, 0.15) is 24.2 Å². The van der Waals surface area contributed by atoms with Gasteiger partial charge in [0.2, 0.25) is 11.8 Å². The molecule has 1 atom stereocenters. The maximum absolute atomic E-state index is 13.1. The molecule has 31 heavy (non-hydrogen) atoms. The Morgan fingerprint density at radius 1 is 1.13 bits per heavy atom. The molecule has 7 heteroatoms. The van der Waals surface area contributed by atoms with E-state index in [-0.39, 0.29) is 37.6 Å². The zero-order valence-corrected chi connectivity index (χ0v) is 17.8. The van der Waals surface area contributed by atoms with Gasteiger partial charge in [0.25, 0.3) is 0 Å². The van der Waals surface area contributed by atoms with Gasteiger partial charge < -0.3 is 23.7 Å². The van der Waals surface area contributed by atoms with Gasteiger partial charge in [-0.3, -0.25) is 9.59 Å². The maximum Gasteiger partial charge on any atom is 0.249 e. The highest BCUT2D eigenvalue weighted by molar-refractivity contribution is 5.85. The fourth-order valence-electron chi connectivity index (χ4n) is 3.47. The summed E-state index contributed by atoms with van der Waals surface area (Å²) in [6.07, 6.45) is 5.12. The van der Waals surface area contributed by atoms with E-state index in [9.17, 15) is 9.59 Å². The molecule has 0 unspecified atom stereocenters. The third-order valence-electron chi connectivity index (χ3n) is 5.09. The van der Waals surface area contributed by atoms with Crippen molar-refractivity contribution in [2.75, 3.05) is 32.8 Å². The first-order valence-corrected chi connectivity index (χ1v) is 10.6. The molecule has 1 aliphatic heterocycles. The van der Waals surface area contributed by atoms with Crippen LogP contribution in [0.2, 0.25) is 0 Å². The lowest BCUT2D eigenvalue weighted by atomic mass is 10.2. The quantitative estimate of drug-likeness (QED) is 0.488. The van der Waals surface area contributed by atoms with Gasteiger partial charge in [-0.25, -0.2) is 0 Å². The second-order valence-corrected chi connectivity index (χ2v) is 7.53. The average Bonchev–Trinajstić information content (AvgIpc) is 3.48. The van der Waals surface area contributed by atoms with E-state index in [4.69, 9.17) is 13.9 Å². The van der Waals surface area contributed by atoms with Gasteiger partial charge in [-0.2, -0.15) is 0 Å². The summed E-state index contributed by atoms with van der Waals surface area (Å²) in [5.41, 5.74) is 0.989. The molecule has 0 saturated carbocycles. The molecule has 1 saturated heterocycles. The average molecular weight is 427 g/mol. The summed E-state index contributed by atoms with van der Waals surface area (Å²) in [6, 6.07) is 13.3. The van der Waals surface area contributed by atoms with E-state index in [1.807, 2.05) is 36.4 Å². The summed E-state index contributed by atoms with van der Waals surface area (Å²) in [6.45, 7) is 5.70. The number of hydrogen-bond acceptors (Lipinski definition) is 5. The Kier molecular flexibility index (Phi) is 8.87. The molecule has 1 aromatic heterocycles. The summed E-state index contributed by atoms with van der Waals surface area (Å²) >= 11 is 0. The normalized spacial score (nSPS) is 15.5. The minimum Gasteiger partial charge on any atom is -0.467 e. The van der Waals surface area contributed by atoms with Crippen LogP contribution < -0.4 is 0 Å². The van der Waals surface area contributed by atoms with Crippen LogP contribution in [-0.4, -0.2) is 60.6 Å². The number of carbonyl (C=O) groups is 2. The minimum atomic E-state index is -0.251. The maximum atomic E-state index is 13.1. The highest BCUT2D eigenvalue weighted by Crippen LogP contribution is 2.16. The Morgan fingerprint density at radius 2 is 1.97 bits per heavy atom. The monoisotopic (exact) mass is 426 g/mol. The van der Waals surface area contributed by atoms with Crippen molar-refractivity contribution in [3.63, 3.8) is 0 Å². The van der Waals surface area contributed by atoms with Crippen LogP contribution in [0.25, 0.3) is 0 Å². The Labute approximate surface area is 183 Å². The smallest absolute Gasteiger partial charge is 0.249 e. The zero-order chi connectivity index (χ0) is 21.9. The molecule has 0 aliphatic carbocycles. The van der Waals surface area contributed by atoms with Crippen LogP contribution in [0, 0.1) is 0 Å². The van der Waals surface area contributed by atoms with Crippen LogP contribution in [0.4, 0.5) is 0 Å². The zero-order valence-electron chi connectivity index (χ0n) is 17.8. The van der Waals surface area contributed by atoms with E-state index < -0.39 is 0 Å². The lowest BCUT2D eigenvalue weighted by Crippen LogP contribution is -2.45. The number of amides is 2. The molecule has 2 heterocycles. The van der Waals surface area contributed by atoms with Crippen molar-refractivity contribution in [2.24, 2.45) is 0 Å². The Morgan fingerprint density at radius 3 is 2.65 bits per heavy atom. The molecule has 3 rings (SSSR count). The lowest BCUT2D eigenvalue weighted by Gasteiger charge is -2.28. The van der Waals surface area contributed by atoms with Gasteiger partial charge in [0.15, 0.2) is 0 Å². The molecule has 0 radical (unpaired) electrons. The van der Waals surface area contributed by atoms with Crippen LogP contribution in [-0.2, 0) is 32.2 Å². The van der Waals surface area contributed by atoms with E-state index >= 15 is 0 Å². The topological polar surface area (TPSA) is 72.2 Å². The van der Waals surface area contributed by atoms with E-state index in [0.717, 1.165) is 18.4 Å². The van der Waals surface area contributed by atoms with Crippen LogP contribution in [0.5, 0.6) is 0 Å². The van der Waals surface area contributed by atoms with Crippen molar-refractivity contribution in [1.29, 1.82) is 0 Å². The Balaban J connectivity index is 1.57.